The van der Waals surface area contributed by atoms with E-state index in [0.717, 1.165) is 39.9 Å². The van der Waals surface area contributed by atoms with Crippen molar-refractivity contribution in [2.45, 2.75) is 32.6 Å². The van der Waals surface area contributed by atoms with Gasteiger partial charge in [-0.05, 0) is 56.3 Å². The molecule has 0 atom stereocenters. The van der Waals surface area contributed by atoms with E-state index in [1.54, 1.807) is 23.1 Å². The second-order valence-corrected chi connectivity index (χ2v) is 9.08. The van der Waals surface area contributed by atoms with Crippen molar-refractivity contribution in [2.24, 2.45) is 0 Å². The molecule has 0 unspecified atom stereocenters. The van der Waals surface area contributed by atoms with Gasteiger partial charge in [-0.25, -0.2) is 4.98 Å². The molecule has 0 N–H and O–H groups in total. The number of likely N-dealkylation sites (N-methyl/N-ethyl adjacent to an activating group) is 1. The number of aryl methyl sites for hydroxylation is 2. The van der Waals surface area contributed by atoms with Gasteiger partial charge < -0.3 is 4.90 Å². The van der Waals surface area contributed by atoms with E-state index in [0.29, 0.717) is 12.3 Å². The van der Waals surface area contributed by atoms with Crippen molar-refractivity contribution in [3.05, 3.63) is 53.6 Å². The number of benzene rings is 2. The summed E-state index contributed by atoms with van der Waals surface area (Å²) in [6.45, 7) is 12.0. The molecule has 2 aromatic carbocycles. The number of nitrogens with zero attached hydrogens (tertiary/aromatic N) is 3. The number of carbonyl (C=O) groups excluding carboxylic acids is 1. The van der Waals surface area contributed by atoms with Crippen LogP contribution in [0.4, 0.5) is 5.13 Å². The predicted molar refractivity (Wildman–Crippen MR) is 126 cm³/mol. The Balaban J connectivity index is 1.83. The normalized spacial score (nSPS) is 11.3. The standard InChI is InChI=1S/C23H29N3OS2/c1-5-25(6-2)14-15-26(21(27)16-28-19-10-8-7-9-11-19)23-24-22-18(4)17(3)12-13-20(22)29-23/h7-13H,5-6,14-16H2,1-4H3. The van der Waals surface area contributed by atoms with Crippen LogP contribution in [0.3, 0.4) is 0 Å². The maximum atomic E-state index is 13.2. The molecule has 3 rings (SSSR count). The van der Waals surface area contributed by atoms with Crippen molar-refractivity contribution in [1.29, 1.82) is 0 Å². The molecule has 0 spiro atoms. The van der Waals surface area contributed by atoms with Crippen LogP contribution in [-0.2, 0) is 4.79 Å². The van der Waals surface area contributed by atoms with E-state index >= 15 is 0 Å². The van der Waals surface area contributed by atoms with Crippen LogP contribution < -0.4 is 4.90 Å². The topological polar surface area (TPSA) is 36.4 Å². The number of hydrogen-bond donors (Lipinski definition) is 0. The van der Waals surface area contributed by atoms with Crippen LogP contribution in [0.5, 0.6) is 0 Å². The maximum absolute atomic E-state index is 13.2. The summed E-state index contributed by atoms with van der Waals surface area (Å²) in [6.07, 6.45) is 0. The highest BCUT2D eigenvalue weighted by molar-refractivity contribution is 8.00. The van der Waals surface area contributed by atoms with Crippen molar-refractivity contribution in [2.75, 3.05) is 36.8 Å². The highest BCUT2D eigenvalue weighted by Crippen LogP contribution is 2.32. The molecule has 0 bridgehead atoms. The molecule has 4 nitrogen and oxygen atoms in total. The van der Waals surface area contributed by atoms with Crippen molar-refractivity contribution in [1.82, 2.24) is 9.88 Å². The zero-order valence-electron chi connectivity index (χ0n) is 17.6. The smallest absolute Gasteiger partial charge is 0.239 e. The minimum absolute atomic E-state index is 0.111. The van der Waals surface area contributed by atoms with E-state index in [2.05, 4.69) is 44.7 Å². The van der Waals surface area contributed by atoms with Crippen LogP contribution >= 0.6 is 23.1 Å². The minimum Gasteiger partial charge on any atom is -0.302 e. The highest BCUT2D eigenvalue weighted by atomic mass is 32.2. The number of thiazole rings is 1. The molecule has 0 saturated carbocycles. The zero-order valence-corrected chi connectivity index (χ0v) is 19.3. The Kier molecular flexibility index (Phi) is 7.70. The van der Waals surface area contributed by atoms with Gasteiger partial charge in [-0.2, -0.15) is 0 Å². The number of aromatic nitrogens is 1. The lowest BCUT2D eigenvalue weighted by atomic mass is 10.1. The summed E-state index contributed by atoms with van der Waals surface area (Å²) in [5.74, 6) is 0.523. The van der Waals surface area contributed by atoms with E-state index in [4.69, 9.17) is 4.98 Å². The summed E-state index contributed by atoms with van der Waals surface area (Å²) in [5, 5.41) is 0.805. The predicted octanol–water partition coefficient (Wildman–Crippen LogP) is 5.38. The summed E-state index contributed by atoms with van der Waals surface area (Å²) in [4.78, 5) is 23.4. The van der Waals surface area contributed by atoms with E-state index in [1.807, 2.05) is 35.2 Å². The van der Waals surface area contributed by atoms with E-state index in [1.165, 1.54) is 11.1 Å². The van der Waals surface area contributed by atoms with Crippen LogP contribution in [-0.4, -0.2) is 47.7 Å². The average molecular weight is 428 g/mol. The molecule has 0 aliphatic carbocycles. The number of thioether (sulfide) groups is 1. The first-order chi connectivity index (χ1) is 14.0. The quantitative estimate of drug-likeness (QED) is 0.430. The third-order valence-electron chi connectivity index (χ3n) is 5.25. The van der Waals surface area contributed by atoms with Gasteiger partial charge >= 0.3 is 0 Å². The largest absolute Gasteiger partial charge is 0.302 e. The maximum Gasteiger partial charge on any atom is 0.239 e. The molecule has 0 aliphatic rings. The number of amides is 1. The molecule has 29 heavy (non-hydrogen) atoms. The van der Waals surface area contributed by atoms with Crippen LogP contribution in [0.2, 0.25) is 0 Å². The summed E-state index contributed by atoms with van der Waals surface area (Å²) in [5.41, 5.74) is 3.44. The molecule has 0 fully saturated rings. The van der Waals surface area contributed by atoms with Crippen molar-refractivity contribution >= 4 is 44.4 Å². The van der Waals surface area contributed by atoms with E-state index < -0.39 is 0 Å². The molecular formula is C23H29N3OS2. The first-order valence-electron chi connectivity index (χ1n) is 10.1. The molecule has 154 valence electrons. The third-order valence-corrected chi connectivity index (χ3v) is 7.29. The number of anilines is 1. The summed E-state index contributed by atoms with van der Waals surface area (Å²) < 4.78 is 1.14. The fraction of sp³-hybridized carbons (Fsp3) is 0.391. The Labute approximate surface area is 181 Å². The van der Waals surface area contributed by atoms with Crippen LogP contribution in [0.15, 0.2) is 47.4 Å². The molecule has 6 heteroatoms. The Morgan fingerprint density at radius 1 is 1.03 bits per heavy atom. The Hall–Kier alpha value is -1.89. The van der Waals surface area contributed by atoms with Crippen LogP contribution in [0.25, 0.3) is 10.2 Å². The third kappa shape index (κ3) is 5.38. The van der Waals surface area contributed by atoms with Gasteiger partial charge in [0.05, 0.1) is 16.0 Å². The molecule has 1 amide bonds. The van der Waals surface area contributed by atoms with Gasteiger partial charge in [-0.15, -0.1) is 11.8 Å². The lowest BCUT2D eigenvalue weighted by molar-refractivity contribution is -0.116. The van der Waals surface area contributed by atoms with Crippen molar-refractivity contribution in [3.8, 4) is 0 Å². The Morgan fingerprint density at radius 3 is 2.45 bits per heavy atom. The molecule has 0 radical (unpaired) electrons. The molecular weight excluding hydrogens is 398 g/mol. The van der Waals surface area contributed by atoms with Gasteiger partial charge in [0.15, 0.2) is 5.13 Å². The number of hydrogen-bond acceptors (Lipinski definition) is 5. The molecule has 1 heterocycles. The summed E-state index contributed by atoms with van der Waals surface area (Å²) in [6, 6.07) is 14.3. The summed E-state index contributed by atoms with van der Waals surface area (Å²) in [7, 11) is 0. The van der Waals surface area contributed by atoms with Crippen molar-refractivity contribution < 1.29 is 4.79 Å². The Morgan fingerprint density at radius 2 is 1.76 bits per heavy atom. The van der Waals surface area contributed by atoms with Crippen LogP contribution in [0, 0.1) is 13.8 Å². The zero-order chi connectivity index (χ0) is 20.8. The number of carbonyl (C=O) groups is 1. The van der Waals surface area contributed by atoms with Gasteiger partial charge in [-0.1, -0.05) is 49.4 Å². The van der Waals surface area contributed by atoms with Gasteiger partial charge in [0.1, 0.15) is 0 Å². The lowest BCUT2D eigenvalue weighted by Gasteiger charge is -2.24. The molecule has 3 aromatic rings. The van der Waals surface area contributed by atoms with Gasteiger partial charge in [0.25, 0.3) is 0 Å². The minimum atomic E-state index is 0.111. The molecule has 1 aromatic heterocycles. The molecule has 0 aliphatic heterocycles. The SMILES string of the molecule is CCN(CC)CCN(C(=O)CSc1ccccc1)c1nc2c(C)c(C)ccc2s1. The van der Waals surface area contributed by atoms with E-state index in [-0.39, 0.29) is 5.91 Å². The second-order valence-electron chi connectivity index (χ2n) is 7.02. The number of fused-ring (bicyclic) bond motifs is 1. The summed E-state index contributed by atoms with van der Waals surface area (Å²) >= 11 is 3.19. The molecule has 0 saturated heterocycles. The first kappa shape index (κ1) is 21.8. The second kappa shape index (κ2) is 10.2. The fourth-order valence-electron chi connectivity index (χ4n) is 3.18. The average Bonchev–Trinajstić information content (AvgIpc) is 3.18. The van der Waals surface area contributed by atoms with Crippen LogP contribution in [0.1, 0.15) is 25.0 Å². The monoisotopic (exact) mass is 427 g/mol. The highest BCUT2D eigenvalue weighted by Gasteiger charge is 2.21. The van der Waals surface area contributed by atoms with Crippen molar-refractivity contribution in [3.63, 3.8) is 0 Å². The number of rotatable bonds is 9. The fourth-order valence-corrected chi connectivity index (χ4v) is 5.04. The van der Waals surface area contributed by atoms with Gasteiger partial charge in [0.2, 0.25) is 5.91 Å². The lowest BCUT2D eigenvalue weighted by Crippen LogP contribution is -2.39. The Bertz CT molecular complexity index is 951. The van der Waals surface area contributed by atoms with Gasteiger partial charge in [0, 0.05) is 18.0 Å². The van der Waals surface area contributed by atoms with Gasteiger partial charge in [-0.3, -0.25) is 9.69 Å². The first-order valence-corrected chi connectivity index (χ1v) is 11.9. The van der Waals surface area contributed by atoms with E-state index in [9.17, 15) is 4.79 Å².